The summed E-state index contributed by atoms with van der Waals surface area (Å²) in [5, 5.41) is 0.767. The second-order valence-electron chi connectivity index (χ2n) is 7.87. The van der Waals surface area contributed by atoms with Crippen LogP contribution in [0.15, 0.2) is 51.7 Å². The summed E-state index contributed by atoms with van der Waals surface area (Å²) in [5.41, 5.74) is 4.34. The molecule has 29 heavy (non-hydrogen) atoms. The Morgan fingerprint density at radius 1 is 1.10 bits per heavy atom. The Kier molecular flexibility index (Phi) is 4.15. The van der Waals surface area contributed by atoms with Crippen LogP contribution in [0, 0.1) is 12.7 Å². The number of pyridine rings is 1. The number of piperidine rings is 1. The van der Waals surface area contributed by atoms with E-state index in [0.717, 1.165) is 65.1 Å². The molecule has 0 saturated carbocycles. The Morgan fingerprint density at radius 2 is 1.90 bits per heavy atom. The molecule has 0 spiro atoms. The minimum Gasteiger partial charge on any atom is -0.440 e. The van der Waals surface area contributed by atoms with Crippen molar-refractivity contribution in [3.8, 4) is 0 Å². The van der Waals surface area contributed by atoms with Crippen LogP contribution in [0.5, 0.6) is 0 Å². The summed E-state index contributed by atoms with van der Waals surface area (Å²) in [7, 11) is 1.72. The van der Waals surface area contributed by atoms with E-state index in [4.69, 9.17) is 9.40 Å². The van der Waals surface area contributed by atoms with E-state index in [-0.39, 0.29) is 17.3 Å². The molecule has 1 fully saturated rings. The Bertz CT molecular complexity index is 1280. The van der Waals surface area contributed by atoms with Crippen molar-refractivity contribution in [1.82, 2.24) is 9.55 Å². The summed E-state index contributed by atoms with van der Waals surface area (Å²) < 4.78 is 21.5. The van der Waals surface area contributed by atoms with Crippen molar-refractivity contribution in [2.45, 2.75) is 25.7 Å². The van der Waals surface area contributed by atoms with Crippen LogP contribution < -0.4 is 10.5 Å². The predicted molar refractivity (Wildman–Crippen MR) is 112 cm³/mol. The molecule has 0 aliphatic carbocycles. The van der Waals surface area contributed by atoms with Gasteiger partial charge in [0.2, 0.25) is 0 Å². The smallest absolute Gasteiger partial charge is 0.252 e. The molecule has 0 bridgehead atoms. The first kappa shape index (κ1) is 17.9. The molecule has 1 saturated heterocycles. The summed E-state index contributed by atoms with van der Waals surface area (Å²) in [6.07, 6.45) is 1.75. The zero-order chi connectivity index (χ0) is 20.1. The van der Waals surface area contributed by atoms with Gasteiger partial charge in [0.1, 0.15) is 11.3 Å². The van der Waals surface area contributed by atoms with E-state index in [1.165, 1.54) is 12.1 Å². The molecule has 6 heteroatoms. The second kappa shape index (κ2) is 6.72. The van der Waals surface area contributed by atoms with E-state index < -0.39 is 0 Å². The van der Waals surface area contributed by atoms with Gasteiger partial charge in [-0.05, 0) is 55.7 Å². The lowest BCUT2D eigenvalue weighted by Crippen LogP contribution is -2.34. The monoisotopic (exact) mass is 391 g/mol. The number of halogens is 1. The number of oxazole rings is 1. The zero-order valence-electron chi connectivity index (χ0n) is 16.5. The van der Waals surface area contributed by atoms with Crippen molar-refractivity contribution in [2.24, 2.45) is 7.05 Å². The fraction of sp³-hybridized carbons (Fsp3) is 0.304. The van der Waals surface area contributed by atoms with Crippen molar-refractivity contribution in [1.29, 1.82) is 0 Å². The van der Waals surface area contributed by atoms with E-state index in [9.17, 15) is 9.18 Å². The molecule has 0 radical (unpaired) electrons. The lowest BCUT2D eigenvalue weighted by molar-refractivity contribution is 0.407. The summed E-state index contributed by atoms with van der Waals surface area (Å²) in [6.45, 7) is 3.58. The van der Waals surface area contributed by atoms with Crippen molar-refractivity contribution < 1.29 is 8.81 Å². The predicted octanol–water partition coefficient (Wildman–Crippen LogP) is 4.51. The third-order valence-corrected chi connectivity index (χ3v) is 5.93. The molecule has 0 atom stereocenters. The topological polar surface area (TPSA) is 51.3 Å². The molecule has 4 aromatic rings. The first-order valence-corrected chi connectivity index (χ1v) is 9.91. The van der Waals surface area contributed by atoms with Crippen molar-refractivity contribution >= 4 is 27.7 Å². The van der Waals surface area contributed by atoms with Gasteiger partial charge in [0, 0.05) is 37.5 Å². The fourth-order valence-corrected chi connectivity index (χ4v) is 4.28. The van der Waals surface area contributed by atoms with Gasteiger partial charge in [-0.25, -0.2) is 9.37 Å². The van der Waals surface area contributed by atoms with E-state index in [0.29, 0.717) is 0 Å². The molecule has 5 nitrogen and oxygen atoms in total. The number of nitrogens with zero attached hydrogens (tertiary/aromatic N) is 3. The van der Waals surface area contributed by atoms with E-state index >= 15 is 0 Å². The number of hydrogen-bond acceptors (Lipinski definition) is 4. The molecule has 0 amide bonds. The number of hydrogen-bond donors (Lipinski definition) is 0. The number of benzene rings is 2. The maximum Gasteiger partial charge on any atom is 0.252 e. The van der Waals surface area contributed by atoms with E-state index in [2.05, 4.69) is 4.90 Å². The van der Waals surface area contributed by atoms with Gasteiger partial charge in [-0.15, -0.1) is 0 Å². The molecular weight excluding hydrogens is 369 g/mol. The van der Waals surface area contributed by atoms with Crippen LogP contribution in [0.4, 0.5) is 10.1 Å². The quantitative estimate of drug-likeness (QED) is 0.504. The van der Waals surface area contributed by atoms with Gasteiger partial charge >= 0.3 is 0 Å². The van der Waals surface area contributed by atoms with Gasteiger partial charge in [0.25, 0.3) is 5.56 Å². The van der Waals surface area contributed by atoms with Crippen LogP contribution in [-0.2, 0) is 7.05 Å². The Morgan fingerprint density at radius 3 is 2.69 bits per heavy atom. The minimum absolute atomic E-state index is 0.0875. The molecular formula is C23H22FN3O2. The van der Waals surface area contributed by atoms with E-state index in [1.54, 1.807) is 23.7 Å². The van der Waals surface area contributed by atoms with E-state index in [1.807, 2.05) is 25.1 Å². The SMILES string of the molecule is Cc1ccc2oc(C3CCN(c4cc(=O)n(C)c5ccc(F)cc45)CC3)nc2c1. The van der Waals surface area contributed by atoms with Crippen LogP contribution in [0.2, 0.25) is 0 Å². The highest BCUT2D eigenvalue weighted by Gasteiger charge is 2.26. The lowest BCUT2D eigenvalue weighted by Gasteiger charge is -2.33. The van der Waals surface area contributed by atoms with Crippen LogP contribution in [-0.4, -0.2) is 22.6 Å². The Hall–Kier alpha value is -3.15. The second-order valence-corrected chi connectivity index (χ2v) is 7.87. The first-order chi connectivity index (χ1) is 14.0. The standard InChI is InChI=1S/C23H22FN3O2/c1-14-3-6-21-18(11-14)25-23(29-21)15-7-9-27(10-8-15)20-13-22(28)26(2)19-5-4-16(24)12-17(19)20/h3-6,11-13,15H,7-10H2,1-2H3. The largest absolute Gasteiger partial charge is 0.440 e. The average molecular weight is 391 g/mol. The normalized spacial score (nSPS) is 15.5. The Labute approximate surface area is 167 Å². The van der Waals surface area contributed by atoms with Crippen LogP contribution in [0.3, 0.4) is 0 Å². The molecule has 0 unspecified atom stereocenters. The molecule has 1 aliphatic heterocycles. The number of aryl methyl sites for hydroxylation is 2. The van der Waals surface area contributed by atoms with Crippen LogP contribution >= 0.6 is 0 Å². The number of anilines is 1. The highest BCUT2D eigenvalue weighted by atomic mass is 19.1. The summed E-state index contributed by atoms with van der Waals surface area (Å²) in [5.74, 6) is 0.729. The maximum absolute atomic E-state index is 13.9. The third kappa shape index (κ3) is 3.09. The van der Waals surface area contributed by atoms with Crippen LogP contribution in [0.25, 0.3) is 22.0 Å². The third-order valence-electron chi connectivity index (χ3n) is 5.93. The molecule has 5 rings (SSSR count). The molecule has 148 valence electrons. The first-order valence-electron chi connectivity index (χ1n) is 9.91. The van der Waals surface area contributed by atoms with Gasteiger partial charge in [-0.1, -0.05) is 6.07 Å². The minimum atomic E-state index is -0.297. The van der Waals surface area contributed by atoms with Gasteiger partial charge in [-0.3, -0.25) is 4.79 Å². The zero-order valence-corrected chi connectivity index (χ0v) is 16.5. The van der Waals surface area contributed by atoms with Crippen LogP contribution in [0.1, 0.15) is 30.2 Å². The van der Waals surface area contributed by atoms with Gasteiger partial charge in [0.15, 0.2) is 11.5 Å². The van der Waals surface area contributed by atoms with Crippen molar-refractivity contribution in [3.63, 3.8) is 0 Å². The molecule has 0 N–H and O–H groups in total. The maximum atomic E-state index is 13.9. The Balaban J connectivity index is 1.44. The lowest BCUT2D eigenvalue weighted by atomic mass is 9.96. The fourth-order valence-electron chi connectivity index (χ4n) is 4.28. The van der Waals surface area contributed by atoms with Gasteiger partial charge < -0.3 is 13.9 Å². The summed E-state index contributed by atoms with van der Waals surface area (Å²) in [4.78, 5) is 19.3. The highest BCUT2D eigenvalue weighted by Crippen LogP contribution is 2.34. The number of aromatic nitrogens is 2. The average Bonchev–Trinajstić information content (AvgIpc) is 3.14. The molecule has 2 aromatic carbocycles. The highest BCUT2D eigenvalue weighted by molar-refractivity contribution is 5.92. The molecule has 1 aliphatic rings. The number of fused-ring (bicyclic) bond motifs is 2. The summed E-state index contributed by atoms with van der Waals surface area (Å²) in [6, 6.07) is 12.2. The van der Waals surface area contributed by atoms with Crippen molar-refractivity contribution in [2.75, 3.05) is 18.0 Å². The molecule has 3 heterocycles. The van der Waals surface area contributed by atoms with Gasteiger partial charge in [0.05, 0.1) is 11.2 Å². The number of rotatable bonds is 2. The van der Waals surface area contributed by atoms with Gasteiger partial charge in [-0.2, -0.15) is 0 Å². The van der Waals surface area contributed by atoms with Crippen molar-refractivity contribution in [3.05, 3.63) is 70.1 Å². The summed E-state index contributed by atoms with van der Waals surface area (Å²) >= 11 is 0. The molecule has 2 aromatic heterocycles.